The maximum Gasteiger partial charge on any atom is 0.231 e. The fraction of sp³-hybridized carbons (Fsp3) is 0.105. The van der Waals surface area contributed by atoms with Crippen molar-refractivity contribution >= 4 is 22.4 Å². The molecular formula is C19H17NO. The second kappa shape index (κ2) is 5.80. The summed E-state index contributed by atoms with van der Waals surface area (Å²) in [7, 11) is 0. The number of carbonyl (C=O) groups is 1. The Bertz CT molecular complexity index is 759. The quantitative estimate of drug-likeness (QED) is 0.744. The SMILES string of the molecule is C[C@H](C(=O)Nc1cccc2ccccc12)c1ccccc1. The minimum atomic E-state index is -0.176. The van der Waals surface area contributed by atoms with Gasteiger partial charge in [-0.3, -0.25) is 4.79 Å². The average molecular weight is 275 g/mol. The highest BCUT2D eigenvalue weighted by atomic mass is 16.1. The summed E-state index contributed by atoms with van der Waals surface area (Å²) < 4.78 is 0. The molecule has 0 aliphatic heterocycles. The van der Waals surface area contributed by atoms with E-state index in [1.807, 2.05) is 79.7 Å². The van der Waals surface area contributed by atoms with E-state index < -0.39 is 0 Å². The molecule has 2 heteroatoms. The van der Waals surface area contributed by atoms with Crippen LogP contribution in [0.15, 0.2) is 72.8 Å². The molecule has 0 fully saturated rings. The van der Waals surface area contributed by atoms with Gasteiger partial charge in [0, 0.05) is 11.1 Å². The zero-order chi connectivity index (χ0) is 14.7. The lowest BCUT2D eigenvalue weighted by Crippen LogP contribution is -2.18. The summed E-state index contributed by atoms with van der Waals surface area (Å²) in [5, 5.41) is 5.24. The number of nitrogens with one attached hydrogen (secondary N) is 1. The van der Waals surface area contributed by atoms with Crippen molar-refractivity contribution in [3.8, 4) is 0 Å². The molecule has 0 aromatic heterocycles. The molecule has 0 heterocycles. The summed E-state index contributed by atoms with van der Waals surface area (Å²) in [6.07, 6.45) is 0. The van der Waals surface area contributed by atoms with Crippen LogP contribution in [0.2, 0.25) is 0 Å². The molecule has 2 nitrogen and oxygen atoms in total. The van der Waals surface area contributed by atoms with E-state index in [4.69, 9.17) is 0 Å². The van der Waals surface area contributed by atoms with Gasteiger partial charge in [-0.1, -0.05) is 66.7 Å². The van der Waals surface area contributed by atoms with Gasteiger partial charge < -0.3 is 5.32 Å². The van der Waals surface area contributed by atoms with Crippen molar-refractivity contribution in [3.05, 3.63) is 78.4 Å². The molecule has 0 saturated carbocycles. The highest BCUT2D eigenvalue weighted by molar-refractivity contribution is 6.04. The second-order valence-corrected chi connectivity index (χ2v) is 5.15. The molecule has 0 unspecified atom stereocenters. The van der Waals surface area contributed by atoms with Gasteiger partial charge in [-0.25, -0.2) is 0 Å². The van der Waals surface area contributed by atoms with Crippen LogP contribution in [-0.2, 0) is 4.79 Å². The highest BCUT2D eigenvalue weighted by Crippen LogP contribution is 2.24. The van der Waals surface area contributed by atoms with E-state index in [0.717, 1.165) is 22.0 Å². The van der Waals surface area contributed by atoms with Gasteiger partial charge in [0.15, 0.2) is 0 Å². The number of hydrogen-bond donors (Lipinski definition) is 1. The summed E-state index contributed by atoms with van der Waals surface area (Å²) in [5.74, 6) is -0.164. The third kappa shape index (κ3) is 2.79. The Morgan fingerprint density at radius 1 is 0.857 bits per heavy atom. The van der Waals surface area contributed by atoms with Crippen molar-refractivity contribution in [1.82, 2.24) is 0 Å². The van der Waals surface area contributed by atoms with Crippen molar-refractivity contribution in [1.29, 1.82) is 0 Å². The van der Waals surface area contributed by atoms with E-state index in [1.165, 1.54) is 0 Å². The van der Waals surface area contributed by atoms with Crippen molar-refractivity contribution in [2.75, 3.05) is 5.32 Å². The van der Waals surface area contributed by atoms with Gasteiger partial charge in [0.25, 0.3) is 0 Å². The maximum absolute atomic E-state index is 12.4. The van der Waals surface area contributed by atoms with Crippen LogP contribution in [0, 0.1) is 0 Å². The summed E-state index contributed by atoms with van der Waals surface area (Å²) in [4.78, 5) is 12.4. The molecule has 21 heavy (non-hydrogen) atoms. The average Bonchev–Trinajstić information content (AvgIpc) is 2.55. The smallest absolute Gasteiger partial charge is 0.231 e. The van der Waals surface area contributed by atoms with Crippen LogP contribution in [0.4, 0.5) is 5.69 Å². The van der Waals surface area contributed by atoms with Crippen LogP contribution in [0.1, 0.15) is 18.4 Å². The van der Waals surface area contributed by atoms with E-state index in [-0.39, 0.29) is 11.8 Å². The number of benzene rings is 3. The third-order valence-corrected chi connectivity index (χ3v) is 3.74. The molecule has 0 aliphatic carbocycles. The van der Waals surface area contributed by atoms with Crippen LogP contribution < -0.4 is 5.32 Å². The predicted molar refractivity (Wildman–Crippen MR) is 87.4 cm³/mol. The number of carbonyl (C=O) groups excluding carboxylic acids is 1. The molecule has 3 aromatic rings. The van der Waals surface area contributed by atoms with E-state index in [1.54, 1.807) is 0 Å². The van der Waals surface area contributed by atoms with Gasteiger partial charge in [-0.05, 0) is 23.9 Å². The Labute approximate surface area is 124 Å². The van der Waals surface area contributed by atoms with Gasteiger partial charge in [0.1, 0.15) is 0 Å². The Kier molecular flexibility index (Phi) is 3.69. The summed E-state index contributed by atoms with van der Waals surface area (Å²) in [6.45, 7) is 1.93. The van der Waals surface area contributed by atoms with Crippen LogP contribution in [0.5, 0.6) is 0 Å². The molecule has 0 radical (unpaired) electrons. The first-order valence-electron chi connectivity index (χ1n) is 7.09. The lowest BCUT2D eigenvalue weighted by molar-refractivity contribution is -0.117. The molecule has 0 aliphatic rings. The van der Waals surface area contributed by atoms with Crippen LogP contribution in [-0.4, -0.2) is 5.91 Å². The van der Waals surface area contributed by atoms with E-state index in [9.17, 15) is 4.79 Å². The van der Waals surface area contributed by atoms with Crippen LogP contribution in [0.3, 0.4) is 0 Å². The van der Waals surface area contributed by atoms with Crippen molar-refractivity contribution < 1.29 is 4.79 Å². The first-order valence-corrected chi connectivity index (χ1v) is 7.09. The molecule has 0 spiro atoms. The second-order valence-electron chi connectivity index (χ2n) is 5.15. The molecule has 104 valence electrons. The fourth-order valence-electron chi connectivity index (χ4n) is 2.47. The lowest BCUT2D eigenvalue weighted by atomic mass is 10.00. The van der Waals surface area contributed by atoms with Gasteiger partial charge in [0.05, 0.1) is 5.92 Å². The van der Waals surface area contributed by atoms with E-state index in [2.05, 4.69) is 5.32 Å². The third-order valence-electron chi connectivity index (χ3n) is 3.74. The monoisotopic (exact) mass is 275 g/mol. The molecule has 1 N–H and O–H groups in total. The highest BCUT2D eigenvalue weighted by Gasteiger charge is 2.15. The molecule has 1 amide bonds. The lowest BCUT2D eigenvalue weighted by Gasteiger charge is -2.14. The number of rotatable bonds is 3. The number of amides is 1. The maximum atomic E-state index is 12.4. The van der Waals surface area contributed by atoms with Crippen molar-refractivity contribution in [2.24, 2.45) is 0 Å². The minimum Gasteiger partial charge on any atom is -0.325 e. The standard InChI is InChI=1S/C19H17NO/c1-14(15-8-3-2-4-9-15)19(21)20-18-13-7-11-16-10-5-6-12-17(16)18/h2-14H,1H3,(H,20,21)/t14-/m0/s1. The van der Waals surface area contributed by atoms with Crippen molar-refractivity contribution in [2.45, 2.75) is 12.8 Å². The normalized spacial score (nSPS) is 12.0. The zero-order valence-electron chi connectivity index (χ0n) is 11.9. The zero-order valence-corrected chi connectivity index (χ0v) is 11.9. The Hall–Kier alpha value is -2.61. The number of hydrogen-bond acceptors (Lipinski definition) is 1. The first-order chi connectivity index (χ1) is 10.3. The Morgan fingerprint density at radius 2 is 1.52 bits per heavy atom. The van der Waals surface area contributed by atoms with Crippen LogP contribution >= 0.6 is 0 Å². The van der Waals surface area contributed by atoms with Gasteiger partial charge in [-0.15, -0.1) is 0 Å². The minimum absolute atomic E-state index is 0.0116. The van der Waals surface area contributed by atoms with Gasteiger partial charge in [-0.2, -0.15) is 0 Å². The summed E-state index contributed by atoms with van der Waals surface area (Å²) >= 11 is 0. The Balaban J connectivity index is 1.87. The molecular weight excluding hydrogens is 258 g/mol. The van der Waals surface area contributed by atoms with Crippen LogP contribution in [0.25, 0.3) is 10.8 Å². The van der Waals surface area contributed by atoms with Gasteiger partial charge >= 0.3 is 0 Å². The van der Waals surface area contributed by atoms with Gasteiger partial charge in [0.2, 0.25) is 5.91 Å². The molecule has 0 bridgehead atoms. The molecule has 0 saturated heterocycles. The van der Waals surface area contributed by atoms with Crippen molar-refractivity contribution in [3.63, 3.8) is 0 Å². The molecule has 1 atom stereocenters. The Morgan fingerprint density at radius 3 is 2.33 bits per heavy atom. The fourth-order valence-corrected chi connectivity index (χ4v) is 2.47. The topological polar surface area (TPSA) is 29.1 Å². The first kappa shape index (κ1) is 13.4. The number of anilines is 1. The largest absolute Gasteiger partial charge is 0.325 e. The molecule has 3 rings (SSSR count). The summed E-state index contributed by atoms with van der Waals surface area (Å²) in [6, 6.07) is 23.8. The predicted octanol–water partition coefficient (Wildman–Crippen LogP) is 4.58. The van der Waals surface area contributed by atoms with E-state index >= 15 is 0 Å². The summed E-state index contributed by atoms with van der Waals surface area (Å²) in [5.41, 5.74) is 1.89. The van der Waals surface area contributed by atoms with E-state index in [0.29, 0.717) is 0 Å². The molecule has 3 aromatic carbocycles. The number of fused-ring (bicyclic) bond motifs is 1.